The predicted octanol–water partition coefficient (Wildman–Crippen LogP) is 1.98. The smallest absolute Gasteiger partial charge is 0.191 e. The number of nitrogens with zero attached hydrogens (tertiary/aromatic N) is 3. The van der Waals surface area contributed by atoms with E-state index in [2.05, 4.69) is 55.7 Å². The van der Waals surface area contributed by atoms with Gasteiger partial charge in [-0.3, -0.25) is 4.99 Å². The van der Waals surface area contributed by atoms with Crippen molar-refractivity contribution in [2.24, 2.45) is 12.0 Å². The van der Waals surface area contributed by atoms with Crippen LogP contribution in [0.3, 0.4) is 0 Å². The van der Waals surface area contributed by atoms with E-state index in [0.717, 1.165) is 43.5 Å². The molecule has 1 unspecified atom stereocenters. The first-order valence-electron chi connectivity index (χ1n) is 8.65. The third-order valence-corrected chi connectivity index (χ3v) is 4.53. The van der Waals surface area contributed by atoms with Crippen LogP contribution in [0.15, 0.2) is 47.7 Å². The summed E-state index contributed by atoms with van der Waals surface area (Å²) in [6.45, 7) is 2.71. The molecule has 25 heavy (non-hydrogen) atoms. The Balaban J connectivity index is 1.54. The van der Waals surface area contributed by atoms with Gasteiger partial charge in [0.2, 0.25) is 0 Å². The molecular weight excluding hydrogens is 314 g/mol. The van der Waals surface area contributed by atoms with Gasteiger partial charge in [-0.25, -0.2) is 0 Å². The molecule has 3 rings (SSSR count). The van der Waals surface area contributed by atoms with Crippen LogP contribution in [0.2, 0.25) is 0 Å². The summed E-state index contributed by atoms with van der Waals surface area (Å²) in [5, 5.41) is 6.91. The fourth-order valence-electron chi connectivity index (χ4n) is 3.23. The van der Waals surface area contributed by atoms with E-state index in [4.69, 9.17) is 4.74 Å². The molecule has 6 nitrogen and oxygen atoms in total. The Kier molecular flexibility index (Phi) is 5.48. The van der Waals surface area contributed by atoms with Gasteiger partial charge >= 0.3 is 0 Å². The Hall–Kier alpha value is -2.63. The minimum Gasteiger partial charge on any atom is -0.495 e. The molecule has 2 aromatic rings. The lowest BCUT2D eigenvalue weighted by molar-refractivity contribution is 0.415. The molecule has 2 N–H and O–H groups in total. The van der Waals surface area contributed by atoms with Gasteiger partial charge in [-0.15, -0.1) is 0 Å². The maximum atomic E-state index is 5.48. The molecule has 0 spiro atoms. The van der Waals surface area contributed by atoms with Gasteiger partial charge in [0.25, 0.3) is 0 Å². The SMILES string of the molecule is CN=C(NCc1ccn(C)c1)NC1CCN(c2ccccc2OC)C1. The molecule has 1 atom stereocenters. The lowest BCUT2D eigenvalue weighted by Crippen LogP contribution is -2.44. The van der Waals surface area contributed by atoms with Gasteiger partial charge in [0.1, 0.15) is 5.75 Å². The highest BCUT2D eigenvalue weighted by molar-refractivity contribution is 5.80. The molecule has 6 heteroatoms. The molecule has 1 aromatic carbocycles. The minimum atomic E-state index is 0.367. The second-order valence-corrected chi connectivity index (χ2v) is 6.36. The monoisotopic (exact) mass is 341 g/mol. The summed E-state index contributed by atoms with van der Waals surface area (Å²) in [6.07, 6.45) is 5.23. The van der Waals surface area contributed by atoms with Crippen molar-refractivity contribution < 1.29 is 4.74 Å². The Morgan fingerprint density at radius 3 is 2.88 bits per heavy atom. The lowest BCUT2D eigenvalue weighted by atomic mass is 10.2. The zero-order valence-corrected chi connectivity index (χ0v) is 15.2. The highest BCUT2D eigenvalue weighted by atomic mass is 16.5. The highest BCUT2D eigenvalue weighted by Crippen LogP contribution is 2.30. The normalized spacial score (nSPS) is 17.6. The summed E-state index contributed by atoms with van der Waals surface area (Å²) < 4.78 is 7.54. The van der Waals surface area contributed by atoms with Gasteiger partial charge < -0.3 is 24.8 Å². The van der Waals surface area contributed by atoms with E-state index in [9.17, 15) is 0 Å². The van der Waals surface area contributed by atoms with Gasteiger partial charge in [0, 0.05) is 52.2 Å². The van der Waals surface area contributed by atoms with E-state index in [0.29, 0.717) is 6.04 Å². The zero-order chi connectivity index (χ0) is 17.6. The topological polar surface area (TPSA) is 53.8 Å². The zero-order valence-electron chi connectivity index (χ0n) is 15.2. The maximum Gasteiger partial charge on any atom is 0.191 e. The third kappa shape index (κ3) is 4.26. The minimum absolute atomic E-state index is 0.367. The second kappa shape index (κ2) is 7.96. The van der Waals surface area contributed by atoms with Crippen LogP contribution in [0.4, 0.5) is 5.69 Å². The van der Waals surface area contributed by atoms with Gasteiger partial charge in [-0.1, -0.05) is 12.1 Å². The number of hydrogen-bond acceptors (Lipinski definition) is 3. The number of benzene rings is 1. The summed E-state index contributed by atoms with van der Waals surface area (Å²) in [4.78, 5) is 6.71. The molecule has 0 bridgehead atoms. The van der Waals surface area contributed by atoms with Crippen LogP contribution in [0.25, 0.3) is 0 Å². The highest BCUT2D eigenvalue weighted by Gasteiger charge is 2.25. The molecule has 1 aliphatic rings. The van der Waals surface area contributed by atoms with Crippen molar-refractivity contribution in [2.45, 2.75) is 19.0 Å². The van der Waals surface area contributed by atoms with Crippen LogP contribution in [0, 0.1) is 0 Å². The average molecular weight is 341 g/mol. The first kappa shape index (κ1) is 17.2. The van der Waals surface area contributed by atoms with Crippen molar-refractivity contribution in [3.05, 3.63) is 48.3 Å². The van der Waals surface area contributed by atoms with Gasteiger partial charge in [0.15, 0.2) is 5.96 Å². The number of aryl methyl sites for hydroxylation is 1. The fraction of sp³-hybridized carbons (Fsp3) is 0.421. The fourth-order valence-corrected chi connectivity index (χ4v) is 3.23. The summed E-state index contributed by atoms with van der Waals surface area (Å²) >= 11 is 0. The Morgan fingerprint density at radius 2 is 2.16 bits per heavy atom. The van der Waals surface area contributed by atoms with Crippen LogP contribution in [0.5, 0.6) is 5.75 Å². The van der Waals surface area contributed by atoms with Crippen molar-refractivity contribution >= 4 is 11.6 Å². The van der Waals surface area contributed by atoms with Crippen LogP contribution in [-0.2, 0) is 13.6 Å². The molecule has 0 radical (unpaired) electrons. The van der Waals surface area contributed by atoms with Crippen molar-refractivity contribution in [1.82, 2.24) is 15.2 Å². The number of hydrogen-bond donors (Lipinski definition) is 2. The van der Waals surface area contributed by atoms with Crippen LogP contribution < -0.4 is 20.3 Å². The van der Waals surface area contributed by atoms with Crippen molar-refractivity contribution in [3.63, 3.8) is 0 Å². The second-order valence-electron chi connectivity index (χ2n) is 6.36. The van der Waals surface area contributed by atoms with Crippen molar-refractivity contribution in [2.75, 3.05) is 32.1 Å². The number of guanidine groups is 1. The average Bonchev–Trinajstić information content (AvgIpc) is 3.27. The van der Waals surface area contributed by atoms with E-state index in [1.165, 1.54) is 5.56 Å². The summed E-state index contributed by atoms with van der Waals surface area (Å²) in [5.74, 6) is 1.77. The van der Waals surface area contributed by atoms with Crippen molar-refractivity contribution in [1.29, 1.82) is 0 Å². The Morgan fingerprint density at radius 1 is 1.32 bits per heavy atom. The molecule has 1 aliphatic heterocycles. The lowest BCUT2D eigenvalue weighted by Gasteiger charge is -2.22. The number of nitrogens with one attached hydrogen (secondary N) is 2. The molecular formula is C19H27N5O. The number of anilines is 1. The summed E-state index contributed by atoms with van der Waals surface area (Å²) in [6, 6.07) is 10.7. The van der Waals surface area contributed by atoms with Crippen LogP contribution in [0.1, 0.15) is 12.0 Å². The summed E-state index contributed by atoms with van der Waals surface area (Å²) in [7, 11) is 5.56. The largest absolute Gasteiger partial charge is 0.495 e. The van der Waals surface area contributed by atoms with E-state index in [1.54, 1.807) is 7.11 Å². The molecule has 0 aliphatic carbocycles. The Bertz CT molecular complexity index is 724. The molecule has 2 heterocycles. The quantitative estimate of drug-likeness (QED) is 0.645. The number of aliphatic imine (C=N–C) groups is 1. The molecule has 0 amide bonds. The number of rotatable bonds is 5. The van der Waals surface area contributed by atoms with Crippen LogP contribution >= 0.6 is 0 Å². The number of para-hydroxylation sites is 2. The van der Waals surface area contributed by atoms with E-state index in [-0.39, 0.29) is 0 Å². The molecule has 0 saturated carbocycles. The number of methoxy groups -OCH3 is 1. The van der Waals surface area contributed by atoms with E-state index < -0.39 is 0 Å². The van der Waals surface area contributed by atoms with Gasteiger partial charge in [-0.05, 0) is 30.2 Å². The van der Waals surface area contributed by atoms with Crippen LogP contribution in [-0.4, -0.2) is 43.8 Å². The number of ether oxygens (including phenoxy) is 1. The summed E-state index contributed by atoms with van der Waals surface area (Å²) in [5.41, 5.74) is 2.40. The first-order valence-corrected chi connectivity index (χ1v) is 8.65. The first-order chi connectivity index (χ1) is 12.2. The maximum absolute atomic E-state index is 5.48. The molecule has 1 fully saturated rings. The van der Waals surface area contributed by atoms with Crippen molar-refractivity contribution in [3.8, 4) is 5.75 Å². The predicted molar refractivity (Wildman–Crippen MR) is 102 cm³/mol. The number of aromatic nitrogens is 1. The molecule has 1 saturated heterocycles. The molecule has 1 aromatic heterocycles. The van der Waals surface area contributed by atoms with Gasteiger partial charge in [-0.2, -0.15) is 0 Å². The van der Waals surface area contributed by atoms with E-state index >= 15 is 0 Å². The third-order valence-electron chi connectivity index (χ3n) is 4.53. The molecule has 134 valence electrons. The van der Waals surface area contributed by atoms with Gasteiger partial charge in [0.05, 0.1) is 12.8 Å². The van der Waals surface area contributed by atoms with E-state index in [1.807, 2.05) is 26.2 Å². The standard InChI is InChI=1S/C19H27N5O/c1-20-19(21-12-15-8-10-23(2)13-15)22-16-9-11-24(14-16)17-6-4-5-7-18(17)25-3/h4-8,10,13,16H,9,11-12,14H2,1-3H3,(H2,20,21,22). The Labute approximate surface area is 149 Å².